The van der Waals surface area contributed by atoms with Gasteiger partial charge in [-0.05, 0) is 44.4 Å². The summed E-state index contributed by atoms with van der Waals surface area (Å²) in [5, 5.41) is 6.83. The van der Waals surface area contributed by atoms with Gasteiger partial charge in [-0.15, -0.1) is 0 Å². The molecular formula is C24H27N5O. The number of hydrogen-bond acceptors (Lipinski definition) is 3. The van der Waals surface area contributed by atoms with Crippen molar-refractivity contribution in [3.63, 3.8) is 0 Å². The minimum absolute atomic E-state index is 0.0150. The number of aromatic amines is 1. The Labute approximate surface area is 176 Å². The zero-order valence-electron chi connectivity index (χ0n) is 17.5. The standard InChI is InChI=1S/C24H27N5O/c1-5-7-18(6-2)23(30)29-16-17(12-24(29,3)4)15-28-11-10-21-22(28)9-8-20(27-21)19-13-25-26-14-19/h5-11,13-14,17H,1-2,12,15-16H2,3-4H3,(H,25,26)/b18-7+. The third-order valence-corrected chi connectivity index (χ3v) is 5.84. The van der Waals surface area contributed by atoms with E-state index in [2.05, 4.69) is 54.0 Å². The number of rotatable bonds is 6. The molecule has 1 aliphatic heterocycles. The van der Waals surface area contributed by atoms with Crippen molar-refractivity contribution in [3.8, 4) is 11.3 Å². The lowest BCUT2D eigenvalue weighted by atomic mass is 9.96. The van der Waals surface area contributed by atoms with Crippen molar-refractivity contribution >= 4 is 16.9 Å². The molecule has 0 spiro atoms. The Balaban J connectivity index is 1.54. The molecule has 0 aromatic carbocycles. The van der Waals surface area contributed by atoms with Crippen molar-refractivity contribution in [2.24, 2.45) is 5.92 Å². The summed E-state index contributed by atoms with van der Waals surface area (Å²) in [6, 6.07) is 6.18. The lowest BCUT2D eigenvalue weighted by molar-refractivity contribution is -0.129. The van der Waals surface area contributed by atoms with Gasteiger partial charge in [0.25, 0.3) is 5.91 Å². The zero-order valence-corrected chi connectivity index (χ0v) is 17.5. The number of pyridine rings is 1. The number of allylic oxidation sites excluding steroid dienone is 2. The van der Waals surface area contributed by atoms with Crippen molar-refractivity contribution in [2.75, 3.05) is 6.54 Å². The summed E-state index contributed by atoms with van der Waals surface area (Å²) in [6.07, 6.45) is 11.6. The highest BCUT2D eigenvalue weighted by atomic mass is 16.2. The molecule has 0 saturated carbocycles. The van der Waals surface area contributed by atoms with Crippen LogP contribution >= 0.6 is 0 Å². The van der Waals surface area contributed by atoms with Crippen molar-refractivity contribution < 1.29 is 4.79 Å². The van der Waals surface area contributed by atoms with E-state index >= 15 is 0 Å². The van der Waals surface area contributed by atoms with E-state index in [1.165, 1.54) is 0 Å². The fraction of sp³-hybridized carbons (Fsp3) is 0.292. The summed E-state index contributed by atoms with van der Waals surface area (Å²) >= 11 is 0. The third-order valence-electron chi connectivity index (χ3n) is 5.84. The van der Waals surface area contributed by atoms with Crippen LogP contribution in [0.25, 0.3) is 22.3 Å². The first kappa shape index (κ1) is 19.9. The van der Waals surface area contributed by atoms with Crippen LogP contribution in [0.1, 0.15) is 20.3 Å². The van der Waals surface area contributed by atoms with Crippen LogP contribution in [0.15, 0.2) is 73.7 Å². The topological polar surface area (TPSA) is 66.8 Å². The van der Waals surface area contributed by atoms with Crippen molar-refractivity contribution in [1.82, 2.24) is 24.6 Å². The van der Waals surface area contributed by atoms with Gasteiger partial charge in [0.1, 0.15) is 0 Å². The lowest BCUT2D eigenvalue weighted by Gasteiger charge is -2.31. The van der Waals surface area contributed by atoms with Crippen LogP contribution in [-0.2, 0) is 11.3 Å². The Morgan fingerprint density at radius 2 is 2.17 bits per heavy atom. The van der Waals surface area contributed by atoms with Gasteiger partial charge in [-0.2, -0.15) is 5.10 Å². The predicted molar refractivity (Wildman–Crippen MR) is 120 cm³/mol. The van der Waals surface area contributed by atoms with Crippen molar-refractivity contribution in [1.29, 1.82) is 0 Å². The van der Waals surface area contributed by atoms with Gasteiger partial charge in [-0.1, -0.05) is 31.4 Å². The number of amides is 1. The molecule has 1 N–H and O–H groups in total. The Morgan fingerprint density at radius 1 is 1.33 bits per heavy atom. The minimum Gasteiger partial charge on any atom is -0.346 e. The molecule has 6 nitrogen and oxygen atoms in total. The van der Waals surface area contributed by atoms with Gasteiger partial charge in [0, 0.05) is 42.2 Å². The van der Waals surface area contributed by atoms with E-state index in [1.54, 1.807) is 24.4 Å². The molecular weight excluding hydrogens is 374 g/mol. The van der Waals surface area contributed by atoms with Crippen LogP contribution in [0.3, 0.4) is 0 Å². The monoisotopic (exact) mass is 401 g/mol. The van der Waals surface area contributed by atoms with E-state index in [4.69, 9.17) is 4.98 Å². The van der Waals surface area contributed by atoms with Crippen molar-refractivity contribution in [2.45, 2.75) is 32.4 Å². The first-order valence-electron chi connectivity index (χ1n) is 10.1. The van der Waals surface area contributed by atoms with Crippen LogP contribution in [-0.4, -0.2) is 42.6 Å². The van der Waals surface area contributed by atoms with Gasteiger partial charge in [0.05, 0.1) is 22.9 Å². The molecule has 4 heterocycles. The number of fused-ring (bicyclic) bond motifs is 1. The number of aromatic nitrogens is 4. The van der Waals surface area contributed by atoms with E-state index in [-0.39, 0.29) is 11.4 Å². The molecule has 30 heavy (non-hydrogen) atoms. The second-order valence-electron chi connectivity index (χ2n) is 8.42. The van der Waals surface area contributed by atoms with Crippen LogP contribution < -0.4 is 0 Å². The quantitative estimate of drug-likeness (QED) is 0.493. The Morgan fingerprint density at radius 3 is 2.87 bits per heavy atom. The summed E-state index contributed by atoms with van der Waals surface area (Å²) in [6.45, 7) is 13.3. The Hall–Kier alpha value is -3.41. The predicted octanol–water partition coefficient (Wildman–Crippen LogP) is 4.35. The van der Waals surface area contributed by atoms with Crippen LogP contribution in [0.5, 0.6) is 0 Å². The van der Waals surface area contributed by atoms with E-state index in [0.717, 1.165) is 35.3 Å². The van der Waals surface area contributed by atoms with Gasteiger partial charge in [0.15, 0.2) is 0 Å². The highest BCUT2D eigenvalue weighted by Gasteiger charge is 2.41. The van der Waals surface area contributed by atoms with Gasteiger partial charge in [-0.25, -0.2) is 4.98 Å². The number of carbonyl (C=O) groups excluding carboxylic acids is 1. The lowest BCUT2D eigenvalue weighted by Crippen LogP contribution is -2.43. The molecule has 1 unspecified atom stereocenters. The van der Waals surface area contributed by atoms with E-state index in [0.29, 0.717) is 18.0 Å². The summed E-state index contributed by atoms with van der Waals surface area (Å²) in [7, 11) is 0. The van der Waals surface area contributed by atoms with E-state index in [1.807, 2.05) is 23.2 Å². The molecule has 1 amide bonds. The maximum absolute atomic E-state index is 13.0. The summed E-state index contributed by atoms with van der Waals surface area (Å²) in [5.74, 6) is 0.379. The fourth-order valence-corrected chi connectivity index (χ4v) is 4.44. The minimum atomic E-state index is -0.208. The third kappa shape index (κ3) is 3.61. The molecule has 0 aliphatic carbocycles. The van der Waals surface area contributed by atoms with E-state index in [9.17, 15) is 4.79 Å². The fourth-order valence-electron chi connectivity index (χ4n) is 4.44. The number of H-pyrrole nitrogens is 1. The maximum atomic E-state index is 13.0. The SMILES string of the molecule is C=C/C=C(\C=C)C(=O)N1CC(Cn2ccc3nc(-c4cn[nH]c4)ccc32)CC1(C)C. The summed E-state index contributed by atoms with van der Waals surface area (Å²) in [4.78, 5) is 19.7. The average molecular weight is 402 g/mol. The first-order chi connectivity index (χ1) is 14.4. The number of nitrogens with one attached hydrogen (secondary N) is 1. The van der Waals surface area contributed by atoms with Crippen LogP contribution in [0.2, 0.25) is 0 Å². The number of hydrogen-bond donors (Lipinski definition) is 1. The number of nitrogens with zero attached hydrogens (tertiary/aromatic N) is 4. The highest BCUT2D eigenvalue weighted by Crippen LogP contribution is 2.35. The molecule has 154 valence electrons. The molecule has 0 bridgehead atoms. The second-order valence-corrected chi connectivity index (χ2v) is 8.42. The Bertz CT molecular complexity index is 1120. The zero-order chi connectivity index (χ0) is 21.3. The second kappa shape index (κ2) is 7.78. The molecule has 6 heteroatoms. The molecule has 1 fully saturated rings. The molecule has 3 aromatic heterocycles. The average Bonchev–Trinajstić information content (AvgIpc) is 3.45. The smallest absolute Gasteiger partial charge is 0.254 e. The van der Waals surface area contributed by atoms with Crippen LogP contribution in [0, 0.1) is 5.92 Å². The number of likely N-dealkylation sites (tertiary alicyclic amines) is 1. The molecule has 0 radical (unpaired) electrons. The van der Waals surface area contributed by atoms with Gasteiger partial charge in [0.2, 0.25) is 0 Å². The molecule has 1 aliphatic rings. The van der Waals surface area contributed by atoms with Gasteiger partial charge >= 0.3 is 0 Å². The summed E-state index contributed by atoms with van der Waals surface area (Å²) < 4.78 is 2.24. The van der Waals surface area contributed by atoms with Crippen LogP contribution in [0.4, 0.5) is 0 Å². The summed E-state index contributed by atoms with van der Waals surface area (Å²) in [5.41, 5.74) is 4.31. The molecule has 4 rings (SSSR count). The first-order valence-corrected chi connectivity index (χ1v) is 10.1. The van der Waals surface area contributed by atoms with E-state index < -0.39 is 0 Å². The molecule has 1 saturated heterocycles. The maximum Gasteiger partial charge on any atom is 0.254 e. The number of carbonyl (C=O) groups is 1. The van der Waals surface area contributed by atoms with Crippen molar-refractivity contribution in [3.05, 3.63) is 73.7 Å². The van der Waals surface area contributed by atoms with Gasteiger partial charge in [-0.3, -0.25) is 9.89 Å². The largest absolute Gasteiger partial charge is 0.346 e. The molecule has 1 atom stereocenters. The normalized spacial score (nSPS) is 18.7. The Kier molecular flexibility index (Phi) is 5.16. The highest BCUT2D eigenvalue weighted by molar-refractivity contribution is 5.97. The molecule has 3 aromatic rings. The van der Waals surface area contributed by atoms with Gasteiger partial charge < -0.3 is 9.47 Å².